The van der Waals surface area contributed by atoms with Crippen LogP contribution in [0.2, 0.25) is 0 Å². The van der Waals surface area contributed by atoms with Crippen LogP contribution in [0, 0.1) is 0 Å². The van der Waals surface area contributed by atoms with E-state index in [0.29, 0.717) is 0 Å². The van der Waals surface area contributed by atoms with Gasteiger partial charge in [0, 0.05) is 25.6 Å². The van der Waals surface area contributed by atoms with Gasteiger partial charge in [-0.2, -0.15) is 0 Å². The van der Waals surface area contributed by atoms with Crippen molar-refractivity contribution in [1.82, 2.24) is 0 Å². The highest BCUT2D eigenvalue weighted by molar-refractivity contribution is 9.13. The molecule has 0 saturated heterocycles. The number of hydrogen-bond donors (Lipinski definition) is 1. The largest absolute Gasteiger partial charge is 0.481 e. The van der Waals surface area contributed by atoms with Gasteiger partial charge in [0.2, 0.25) is 0 Å². The van der Waals surface area contributed by atoms with Crippen LogP contribution in [0.3, 0.4) is 0 Å². The Morgan fingerprint density at radius 1 is 1.43 bits per heavy atom. The molecule has 0 radical (unpaired) electrons. The van der Waals surface area contributed by atoms with Crippen molar-refractivity contribution in [1.29, 1.82) is 0 Å². The monoisotopic (exact) mass is 340 g/mol. The van der Waals surface area contributed by atoms with Gasteiger partial charge < -0.3 is 5.11 Å². The number of aliphatic carboxylic acids is 1. The minimum Gasteiger partial charge on any atom is -0.481 e. The molecule has 0 atom stereocenters. The number of carboxylic acids is 1. The molecule has 0 aliphatic heterocycles. The second kappa shape index (κ2) is 5.88. The molecule has 0 aliphatic carbocycles. The van der Waals surface area contributed by atoms with Gasteiger partial charge in [-0.15, -0.1) is 11.3 Å². The average molecular weight is 342 g/mol. The van der Waals surface area contributed by atoms with Crippen LogP contribution >= 0.6 is 43.2 Å². The lowest BCUT2D eigenvalue weighted by atomic mass is 10.2. The summed E-state index contributed by atoms with van der Waals surface area (Å²) >= 11 is 8.59. The van der Waals surface area contributed by atoms with Crippen LogP contribution in [0.25, 0.3) is 0 Å². The van der Waals surface area contributed by atoms with Crippen LogP contribution in [0.5, 0.6) is 0 Å². The molecule has 78 valence electrons. The maximum Gasteiger partial charge on any atom is 0.303 e. The van der Waals surface area contributed by atoms with Crippen molar-refractivity contribution in [2.24, 2.45) is 0 Å². The summed E-state index contributed by atoms with van der Waals surface area (Å²) in [6.07, 6.45) is 2.89. The minimum atomic E-state index is -0.712. The van der Waals surface area contributed by atoms with E-state index in [1.165, 1.54) is 4.88 Å². The summed E-state index contributed by atoms with van der Waals surface area (Å²) in [5.74, 6) is -0.712. The summed E-state index contributed by atoms with van der Waals surface area (Å²) in [4.78, 5) is 11.5. The standard InChI is InChI=1S/C9H10Br2O2S/c10-6-5-14-7(9(6)11)3-1-2-4-8(12)13/h5H,1-4H2,(H,12,13). The molecular formula is C9H10Br2O2S. The fourth-order valence-electron chi connectivity index (χ4n) is 1.09. The van der Waals surface area contributed by atoms with Crippen LogP contribution in [-0.2, 0) is 11.2 Å². The van der Waals surface area contributed by atoms with E-state index in [-0.39, 0.29) is 6.42 Å². The molecule has 0 saturated carbocycles. The highest BCUT2D eigenvalue weighted by atomic mass is 79.9. The Hall–Kier alpha value is 0.130. The van der Waals surface area contributed by atoms with Crippen molar-refractivity contribution in [3.63, 3.8) is 0 Å². The molecule has 1 heterocycles. The zero-order valence-corrected chi connectivity index (χ0v) is 11.4. The Bertz CT molecular complexity index is 323. The molecule has 0 fully saturated rings. The summed E-state index contributed by atoms with van der Waals surface area (Å²) in [6, 6.07) is 0. The molecule has 0 bridgehead atoms. The molecule has 0 unspecified atom stereocenters. The Morgan fingerprint density at radius 3 is 2.64 bits per heavy atom. The smallest absolute Gasteiger partial charge is 0.303 e. The quantitative estimate of drug-likeness (QED) is 0.819. The molecule has 1 N–H and O–H groups in total. The Balaban J connectivity index is 2.31. The molecule has 0 amide bonds. The topological polar surface area (TPSA) is 37.3 Å². The van der Waals surface area contributed by atoms with E-state index in [9.17, 15) is 4.79 Å². The summed E-state index contributed by atoms with van der Waals surface area (Å²) in [7, 11) is 0. The second-order valence-corrected chi connectivity index (χ2v) is 5.53. The lowest BCUT2D eigenvalue weighted by molar-refractivity contribution is -0.137. The van der Waals surface area contributed by atoms with Gasteiger partial charge in [0.25, 0.3) is 0 Å². The first-order valence-corrected chi connectivity index (χ1v) is 6.71. The van der Waals surface area contributed by atoms with E-state index < -0.39 is 5.97 Å². The van der Waals surface area contributed by atoms with E-state index in [1.54, 1.807) is 11.3 Å². The van der Waals surface area contributed by atoms with Crippen molar-refractivity contribution in [2.45, 2.75) is 25.7 Å². The van der Waals surface area contributed by atoms with Crippen LogP contribution in [0.1, 0.15) is 24.1 Å². The lowest BCUT2D eigenvalue weighted by Gasteiger charge is -1.97. The van der Waals surface area contributed by atoms with Gasteiger partial charge in [0.1, 0.15) is 0 Å². The van der Waals surface area contributed by atoms with Gasteiger partial charge in [-0.25, -0.2) is 0 Å². The SMILES string of the molecule is O=C(O)CCCCc1scc(Br)c1Br. The number of carboxylic acid groups (broad SMARTS) is 1. The zero-order chi connectivity index (χ0) is 10.6. The molecule has 14 heavy (non-hydrogen) atoms. The Labute approximate surface area is 104 Å². The summed E-state index contributed by atoms with van der Waals surface area (Å²) < 4.78 is 2.19. The maximum absolute atomic E-state index is 10.3. The van der Waals surface area contributed by atoms with Crippen molar-refractivity contribution in [3.05, 3.63) is 19.2 Å². The molecule has 1 rings (SSSR count). The third-order valence-electron chi connectivity index (χ3n) is 1.80. The number of hydrogen-bond acceptors (Lipinski definition) is 2. The van der Waals surface area contributed by atoms with Crippen molar-refractivity contribution in [2.75, 3.05) is 0 Å². The van der Waals surface area contributed by atoms with E-state index in [0.717, 1.165) is 28.2 Å². The highest BCUT2D eigenvalue weighted by Gasteiger charge is 2.06. The molecule has 1 aromatic heterocycles. The first-order valence-electron chi connectivity index (χ1n) is 4.24. The summed E-state index contributed by atoms with van der Waals surface area (Å²) in [5, 5.41) is 10.5. The third-order valence-corrected chi connectivity index (χ3v) is 5.48. The van der Waals surface area contributed by atoms with Crippen LogP contribution in [0.15, 0.2) is 14.3 Å². The first kappa shape index (κ1) is 12.2. The first-order chi connectivity index (χ1) is 6.61. The number of thiophene rings is 1. The van der Waals surface area contributed by atoms with E-state index in [2.05, 4.69) is 31.9 Å². The molecule has 2 nitrogen and oxygen atoms in total. The van der Waals surface area contributed by atoms with E-state index >= 15 is 0 Å². The number of rotatable bonds is 5. The minimum absolute atomic E-state index is 0.268. The average Bonchev–Trinajstić information content (AvgIpc) is 2.43. The molecule has 0 spiro atoms. The van der Waals surface area contributed by atoms with Gasteiger partial charge in [-0.05, 0) is 51.1 Å². The lowest BCUT2D eigenvalue weighted by Crippen LogP contribution is -1.94. The fourth-order valence-corrected chi connectivity index (χ4v) is 3.32. The predicted octanol–water partition coefficient (Wildman–Crippen LogP) is 4.07. The molecular weight excluding hydrogens is 332 g/mol. The van der Waals surface area contributed by atoms with Crippen molar-refractivity contribution < 1.29 is 9.90 Å². The van der Waals surface area contributed by atoms with Gasteiger partial charge in [0.05, 0.1) is 0 Å². The second-order valence-electron chi connectivity index (χ2n) is 2.92. The molecule has 5 heteroatoms. The Kier molecular flexibility index (Phi) is 5.12. The van der Waals surface area contributed by atoms with Crippen molar-refractivity contribution in [3.8, 4) is 0 Å². The van der Waals surface area contributed by atoms with Crippen LogP contribution < -0.4 is 0 Å². The van der Waals surface area contributed by atoms with Gasteiger partial charge >= 0.3 is 5.97 Å². The van der Waals surface area contributed by atoms with E-state index in [1.807, 2.05) is 5.38 Å². The van der Waals surface area contributed by atoms with Gasteiger partial charge in [-0.1, -0.05) is 0 Å². The van der Waals surface area contributed by atoms with Gasteiger partial charge in [0.15, 0.2) is 0 Å². The third kappa shape index (κ3) is 3.71. The Morgan fingerprint density at radius 2 is 2.14 bits per heavy atom. The normalized spacial score (nSPS) is 10.4. The highest BCUT2D eigenvalue weighted by Crippen LogP contribution is 2.33. The van der Waals surface area contributed by atoms with Crippen LogP contribution in [-0.4, -0.2) is 11.1 Å². The van der Waals surface area contributed by atoms with Crippen molar-refractivity contribution >= 4 is 49.2 Å². The number of halogens is 2. The zero-order valence-electron chi connectivity index (χ0n) is 7.43. The fraction of sp³-hybridized carbons (Fsp3) is 0.444. The number of unbranched alkanes of at least 4 members (excludes halogenated alkanes) is 1. The number of carbonyl (C=O) groups is 1. The van der Waals surface area contributed by atoms with E-state index in [4.69, 9.17) is 5.11 Å². The molecule has 0 aliphatic rings. The molecule has 1 aromatic rings. The summed E-state index contributed by atoms with van der Waals surface area (Å²) in [5.41, 5.74) is 0. The predicted molar refractivity (Wildman–Crippen MR) is 64.9 cm³/mol. The van der Waals surface area contributed by atoms with Gasteiger partial charge in [-0.3, -0.25) is 4.79 Å². The maximum atomic E-state index is 10.3. The van der Waals surface area contributed by atoms with Crippen LogP contribution in [0.4, 0.5) is 0 Å². The summed E-state index contributed by atoms with van der Waals surface area (Å²) in [6.45, 7) is 0. The number of aryl methyl sites for hydroxylation is 1. The molecule has 0 aromatic carbocycles.